The van der Waals surface area contributed by atoms with Gasteiger partial charge in [-0.05, 0) is 37.3 Å². The Hall–Kier alpha value is -2.45. The third-order valence-electron chi connectivity index (χ3n) is 4.18. The summed E-state index contributed by atoms with van der Waals surface area (Å²) in [5, 5.41) is 11.2. The van der Waals surface area contributed by atoms with Crippen LogP contribution in [-0.2, 0) is 11.3 Å². The lowest BCUT2D eigenvalue weighted by molar-refractivity contribution is -0.123. The van der Waals surface area contributed by atoms with Crippen LogP contribution in [0.4, 0.5) is 0 Å². The van der Waals surface area contributed by atoms with E-state index in [0.717, 1.165) is 49.6 Å². The van der Waals surface area contributed by atoms with Crippen LogP contribution in [0.1, 0.15) is 17.0 Å². The number of nitrogens with one attached hydrogen (secondary N) is 1. The normalized spacial score (nSPS) is 11.3. The molecule has 4 aromatic rings. The first-order chi connectivity index (χ1) is 13.1. The zero-order valence-corrected chi connectivity index (χ0v) is 16.8. The largest absolute Gasteiger partial charge is 0.483 e. The molecule has 140 valence electrons. The fraction of sp³-hybridized carbons (Fsp3) is 0.316. The number of nitrogens with zero attached hydrogens (tertiary/aromatic N) is 3. The van der Waals surface area contributed by atoms with Crippen LogP contribution < -0.4 is 10.1 Å². The molecular weight excluding hydrogens is 380 g/mol. The Morgan fingerprint density at radius 1 is 1.37 bits per heavy atom. The Balaban J connectivity index is 1.33. The maximum Gasteiger partial charge on any atom is 0.257 e. The summed E-state index contributed by atoms with van der Waals surface area (Å²) in [7, 11) is 0. The van der Waals surface area contributed by atoms with Crippen LogP contribution in [0.3, 0.4) is 0 Å². The predicted molar refractivity (Wildman–Crippen MR) is 110 cm³/mol. The van der Waals surface area contributed by atoms with E-state index in [0.29, 0.717) is 6.54 Å². The molecular formula is C19H20N4O2S2. The summed E-state index contributed by atoms with van der Waals surface area (Å²) in [6.07, 6.45) is 4.65. The number of thiazole rings is 1. The lowest BCUT2D eigenvalue weighted by atomic mass is 10.2. The van der Waals surface area contributed by atoms with E-state index in [9.17, 15) is 4.79 Å². The van der Waals surface area contributed by atoms with Crippen molar-refractivity contribution in [2.24, 2.45) is 0 Å². The molecule has 0 saturated heterocycles. The van der Waals surface area contributed by atoms with Crippen LogP contribution in [0, 0.1) is 13.8 Å². The average Bonchev–Trinajstić information content (AvgIpc) is 3.35. The molecule has 0 atom stereocenters. The molecule has 1 amide bonds. The summed E-state index contributed by atoms with van der Waals surface area (Å²) in [5.41, 5.74) is 2.16. The average molecular weight is 401 g/mol. The molecule has 8 heteroatoms. The molecule has 0 spiro atoms. The van der Waals surface area contributed by atoms with Crippen molar-refractivity contribution in [3.05, 3.63) is 40.5 Å². The highest BCUT2D eigenvalue weighted by atomic mass is 32.1. The molecule has 0 aliphatic heterocycles. The Bertz CT molecular complexity index is 1100. The number of fused-ring (bicyclic) bond motifs is 3. The minimum atomic E-state index is -0.115. The van der Waals surface area contributed by atoms with Gasteiger partial charge in [0.15, 0.2) is 6.61 Å². The van der Waals surface area contributed by atoms with Gasteiger partial charge in [-0.1, -0.05) is 0 Å². The van der Waals surface area contributed by atoms with Crippen molar-refractivity contribution in [1.82, 2.24) is 20.1 Å². The third-order valence-corrected chi connectivity index (χ3v) is 6.01. The molecule has 0 aliphatic carbocycles. The van der Waals surface area contributed by atoms with E-state index in [2.05, 4.69) is 15.4 Å². The molecule has 3 aromatic heterocycles. The standard InChI is InChI=1S/C19H20N4O2S2/c1-12-9-21-23(10-12)6-3-5-20-17(24)11-25-15-8-16-18(22-13(2)27-16)19-14(15)4-7-26-19/h4,7-10H,3,5-6,11H2,1-2H3,(H,20,24). The maximum atomic E-state index is 12.1. The number of ether oxygens (including phenoxy) is 1. The fourth-order valence-electron chi connectivity index (χ4n) is 2.96. The number of amides is 1. The van der Waals surface area contributed by atoms with E-state index in [1.165, 1.54) is 0 Å². The molecule has 27 heavy (non-hydrogen) atoms. The summed E-state index contributed by atoms with van der Waals surface area (Å²) in [6, 6.07) is 4.01. The number of aromatic nitrogens is 3. The molecule has 3 heterocycles. The van der Waals surface area contributed by atoms with Gasteiger partial charge >= 0.3 is 0 Å². The van der Waals surface area contributed by atoms with Crippen LogP contribution in [0.2, 0.25) is 0 Å². The molecule has 0 aliphatic rings. The van der Waals surface area contributed by atoms with Gasteiger partial charge in [-0.3, -0.25) is 9.48 Å². The number of carbonyl (C=O) groups is 1. The van der Waals surface area contributed by atoms with Gasteiger partial charge in [0.25, 0.3) is 5.91 Å². The Labute approximate surface area is 164 Å². The molecule has 0 radical (unpaired) electrons. The topological polar surface area (TPSA) is 69.0 Å². The van der Waals surface area contributed by atoms with E-state index in [-0.39, 0.29) is 12.5 Å². The zero-order chi connectivity index (χ0) is 18.8. The van der Waals surface area contributed by atoms with E-state index in [4.69, 9.17) is 4.74 Å². The van der Waals surface area contributed by atoms with Gasteiger partial charge in [-0.15, -0.1) is 22.7 Å². The second-order valence-electron chi connectivity index (χ2n) is 6.39. The Morgan fingerprint density at radius 3 is 3.07 bits per heavy atom. The number of hydrogen-bond acceptors (Lipinski definition) is 6. The van der Waals surface area contributed by atoms with Crippen molar-refractivity contribution < 1.29 is 9.53 Å². The van der Waals surface area contributed by atoms with Gasteiger partial charge in [0.1, 0.15) is 5.75 Å². The van der Waals surface area contributed by atoms with E-state index >= 15 is 0 Å². The van der Waals surface area contributed by atoms with Crippen LogP contribution in [0.15, 0.2) is 29.9 Å². The monoisotopic (exact) mass is 400 g/mol. The lowest BCUT2D eigenvalue weighted by Crippen LogP contribution is -2.30. The van der Waals surface area contributed by atoms with Crippen molar-refractivity contribution in [3.8, 4) is 5.75 Å². The molecule has 1 aromatic carbocycles. The fourth-order valence-corrected chi connectivity index (χ4v) is 4.79. The highest BCUT2D eigenvalue weighted by molar-refractivity contribution is 7.21. The zero-order valence-electron chi connectivity index (χ0n) is 15.2. The second-order valence-corrected chi connectivity index (χ2v) is 8.54. The number of hydrogen-bond donors (Lipinski definition) is 1. The van der Waals surface area contributed by atoms with Crippen molar-refractivity contribution in [2.45, 2.75) is 26.8 Å². The van der Waals surface area contributed by atoms with E-state index in [1.807, 2.05) is 48.4 Å². The minimum Gasteiger partial charge on any atom is -0.483 e. The molecule has 6 nitrogen and oxygen atoms in total. The Morgan fingerprint density at radius 2 is 2.26 bits per heavy atom. The van der Waals surface area contributed by atoms with Crippen LogP contribution in [0.5, 0.6) is 5.75 Å². The molecule has 0 unspecified atom stereocenters. The molecule has 0 saturated carbocycles. The van der Waals surface area contributed by atoms with Gasteiger partial charge in [0, 0.05) is 30.7 Å². The van der Waals surface area contributed by atoms with Gasteiger partial charge < -0.3 is 10.1 Å². The summed E-state index contributed by atoms with van der Waals surface area (Å²) in [6.45, 7) is 5.41. The molecule has 0 bridgehead atoms. The van der Waals surface area contributed by atoms with Crippen LogP contribution >= 0.6 is 22.7 Å². The molecule has 0 fully saturated rings. The smallest absolute Gasteiger partial charge is 0.257 e. The van der Waals surface area contributed by atoms with Crippen LogP contribution in [0.25, 0.3) is 20.3 Å². The quantitative estimate of drug-likeness (QED) is 0.478. The third kappa shape index (κ3) is 3.96. The van der Waals surface area contributed by atoms with Gasteiger partial charge in [-0.25, -0.2) is 4.98 Å². The van der Waals surface area contributed by atoms with E-state index < -0.39 is 0 Å². The lowest BCUT2D eigenvalue weighted by Gasteiger charge is -2.09. The van der Waals surface area contributed by atoms with Gasteiger partial charge in [-0.2, -0.15) is 5.10 Å². The minimum absolute atomic E-state index is 0.00904. The number of thiophene rings is 1. The SMILES string of the molecule is Cc1cnn(CCCNC(=O)COc2cc3sc(C)nc3c3sccc23)c1. The van der Waals surface area contributed by atoms with Crippen molar-refractivity contribution in [3.63, 3.8) is 0 Å². The maximum absolute atomic E-state index is 12.1. The van der Waals surface area contributed by atoms with Gasteiger partial charge in [0.05, 0.1) is 26.1 Å². The van der Waals surface area contributed by atoms with Crippen LogP contribution in [-0.4, -0.2) is 33.8 Å². The molecule has 1 N–H and O–H groups in total. The summed E-state index contributed by atoms with van der Waals surface area (Å²) in [4.78, 5) is 16.7. The number of aryl methyl sites for hydroxylation is 3. The highest BCUT2D eigenvalue weighted by Gasteiger charge is 2.13. The highest BCUT2D eigenvalue weighted by Crippen LogP contribution is 2.38. The summed E-state index contributed by atoms with van der Waals surface area (Å²) < 4.78 is 9.92. The predicted octanol–water partition coefficient (Wildman–Crippen LogP) is 3.91. The second kappa shape index (κ2) is 7.66. The van der Waals surface area contributed by atoms with Crippen molar-refractivity contribution in [2.75, 3.05) is 13.2 Å². The van der Waals surface area contributed by atoms with Crippen molar-refractivity contribution >= 4 is 48.9 Å². The first-order valence-corrected chi connectivity index (χ1v) is 10.5. The summed E-state index contributed by atoms with van der Waals surface area (Å²) in [5.74, 6) is 0.625. The van der Waals surface area contributed by atoms with E-state index in [1.54, 1.807) is 22.7 Å². The Kier molecular flexibility index (Phi) is 5.09. The first kappa shape index (κ1) is 17.9. The molecule has 4 rings (SSSR count). The van der Waals surface area contributed by atoms with Gasteiger partial charge in [0.2, 0.25) is 0 Å². The summed E-state index contributed by atoms with van der Waals surface area (Å²) >= 11 is 3.29. The number of rotatable bonds is 7. The number of carbonyl (C=O) groups excluding carboxylic acids is 1. The first-order valence-electron chi connectivity index (χ1n) is 8.76. The van der Waals surface area contributed by atoms with Crippen molar-refractivity contribution in [1.29, 1.82) is 0 Å². The number of benzene rings is 1.